The summed E-state index contributed by atoms with van der Waals surface area (Å²) < 4.78 is 0. The standard InChI is InChI=1S/C8H16N6/c1-5(2)6-10-7(9)12-8(11-6)13-14(3)4/h5H,1-4H3,(H3,9,10,11,12,13). The molecule has 6 heteroatoms. The summed E-state index contributed by atoms with van der Waals surface area (Å²) in [5.74, 6) is 1.66. The van der Waals surface area contributed by atoms with Crippen LogP contribution in [0.3, 0.4) is 0 Å². The van der Waals surface area contributed by atoms with E-state index in [1.54, 1.807) is 5.01 Å². The van der Waals surface area contributed by atoms with Crippen molar-refractivity contribution in [1.29, 1.82) is 0 Å². The van der Waals surface area contributed by atoms with Gasteiger partial charge in [-0.25, -0.2) is 5.01 Å². The number of hydrazine groups is 1. The van der Waals surface area contributed by atoms with Crippen molar-refractivity contribution < 1.29 is 0 Å². The number of nitrogens with two attached hydrogens (primary N) is 1. The van der Waals surface area contributed by atoms with E-state index in [9.17, 15) is 0 Å². The number of nitrogen functional groups attached to an aromatic ring is 1. The van der Waals surface area contributed by atoms with Crippen LogP contribution < -0.4 is 11.2 Å². The summed E-state index contributed by atoms with van der Waals surface area (Å²) in [6, 6.07) is 0. The van der Waals surface area contributed by atoms with Crippen molar-refractivity contribution in [3.63, 3.8) is 0 Å². The Labute approximate surface area is 83.5 Å². The van der Waals surface area contributed by atoms with E-state index in [1.165, 1.54) is 0 Å². The monoisotopic (exact) mass is 196 g/mol. The van der Waals surface area contributed by atoms with Gasteiger partial charge in [-0.2, -0.15) is 15.0 Å². The summed E-state index contributed by atoms with van der Waals surface area (Å²) in [4.78, 5) is 12.2. The Balaban J connectivity index is 2.95. The van der Waals surface area contributed by atoms with Crippen molar-refractivity contribution in [3.05, 3.63) is 5.82 Å². The van der Waals surface area contributed by atoms with Gasteiger partial charge in [-0.15, -0.1) is 0 Å². The van der Waals surface area contributed by atoms with E-state index in [0.717, 1.165) is 0 Å². The maximum atomic E-state index is 5.55. The fourth-order valence-electron chi connectivity index (χ4n) is 0.918. The lowest BCUT2D eigenvalue weighted by atomic mass is 10.2. The molecule has 0 aliphatic carbocycles. The van der Waals surface area contributed by atoms with Crippen molar-refractivity contribution in [1.82, 2.24) is 20.0 Å². The number of hydrogen-bond donors (Lipinski definition) is 2. The molecule has 1 aromatic rings. The average Bonchev–Trinajstić information content (AvgIpc) is 2.01. The van der Waals surface area contributed by atoms with E-state index in [4.69, 9.17) is 5.73 Å². The zero-order valence-corrected chi connectivity index (χ0v) is 8.94. The Kier molecular flexibility index (Phi) is 3.19. The van der Waals surface area contributed by atoms with Gasteiger partial charge in [0.05, 0.1) is 0 Å². The number of nitrogens with one attached hydrogen (secondary N) is 1. The Morgan fingerprint density at radius 2 is 1.86 bits per heavy atom. The Morgan fingerprint density at radius 1 is 1.21 bits per heavy atom. The van der Waals surface area contributed by atoms with Gasteiger partial charge in [0.25, 0.3) is 0 Å². The lowest BCUT2D eigenvalue weighted by Crippen LogP contribution is -2.22. The lowest BCUT2D eigenvalue weighted by Gasteiger charge is -2.13. The van der Waals surface area contributed by atoms with E-state index >= 15 is 0 Å². The fraction of sp³-hybridized carbons (Fsp3) is 0.625. The topological polar surface area (TPSA) is 80.0 Å². The van der Waals surface area contributed by atoms with E-state index in [0.29, 0.717) is 11.8 Å². The molecule has 0 radical (unpaired) electrons. The van der Waals surface area contributed by atoms with Gasteiger partial charge >= 0.3 is 0 Å². The van der Waals surface area contributed by atoms with Gasteiger partial charge < -0.3 is 5.73 Å². The summed E-state index contributed by atoms with van der Waals surface area (Å²) in [5.41, 5.74) is 8.48. The minimum Gasteiger partial charge on any atom is -0.368 e. The highest BCUT2D eigenvalue weighted by atomic mass is 15.5. The van der Waals surface area contributed by atoms with Crippen molar-refractivity contribution >= 4 is 11.9 Å². The first-order valence-corrected chi connectivity index (χ1v) is 4.44. The van der Waals surface area contributed by atoms with Gasteiger partial charge in [0.2, 0.25) is 11.9 Å². The van der Waals surface area contributed by atoms with Gasteiger partial charge in [-0.1, -0.05) is 13.8 Å². The van der Waals surface area contributed by atoms with Crippen LogP contribution in [0.2, 0.25) is 0 Å². The van der Waals surface area contributed by atoms with Gasteiger partial charge in [0.1, 0.15) is 5.82 Å². The highest BCUT2D eigenvalue weighted by Gasteiger charge is 2.07. The summed E-state index contributed by atoms with van der Waals surface area (Å²) in [6.07, 6.45) is 0. The van der Waals surface area contributed by atoms with E-state index in [1.807, 2.05) is 27.9 Å². The molecule has 0 aliphatic rings. The zero-order chi connectivity index (χ0) is 10.7. The van der Waals surface area contributed by atoms with E-state index < -0.39 is 0 Å². The van der Waals surface area contributed by atoms with Crippen molar-refractivity contribution in [3.8, 4) is 0 Å². The Morgan fingerprint density at radius 3 is 2.36 bits per heavy atom. The molecule has 0 bridgehead atoms. The van der Waals surface area contributed by atoms with Crippen LogP contribution >= 0.6 is 0 Å². The van der Waals surface area contributed by atoms with Gasteiger partial charge in [0.15, 0.2) is 0 Å². The lowest BCUT2D eigenvalue weighted by molar-refractivity contribution is 0.487. The molecule has 6 nitrogen and oxygen atoms in total. The van der Waals surface area contributed by atoms with Crippen molar-refractivity contribution in [2.45, 2.75) is 19.8 Å². The predicted octanol–water partition coefficient (Wildman–Crippen LogP) is 0.466. The molecule has 3 N–H and O–H groups in total. The molecular formula is C8H16N6. The third-order valence-electron chi connectivity index (χ3n) is 1.51. The first-order chi connectivity index (χ1) is 6.49. The second-order valence-electron chi connectivity index (χ2n) is 3.54. The van der Waals surface area contributed by atoms with Crippen LogP contribution in [-0.2, 0) is 0 Å². The summed E-state index contributed by atoms with van der Waals surface area (Å²) in [6.45, 7) is 4.02. The fourth-order valence-corrected chi connectivity index (χ4v) is 0.918. The number of hydrogen-bond acceptors (Lipinski definition) is 6. The molecule has 1 aromatic heterocycles. The van der Waals surface area contributed by atoms with Gasteiger partial charge in [-0.05, 0) is 0 Å². The molecule has 1 heterocycles. The molecule has 0 aromatic carbocycles. The maximum Gasteiger partial charge on any atom is 0.242 e. The molecule has 0 fully saturated rings. The SMILES string of the molecule is CC(C)c1nc(N)nc(NN(C)C)n1. The third-order valence-corrected chi connectivity index (χ3v) is 1.51. The molecule has 1 rings (SSSR count). The van der Waals surface area contributed by atoms with Crippen LogP contribution in [0.25, 0.3) is 0 Å². The Hall–Kier alpha value is -1.43. The minimum atomic E-state index is 0.239. The van der Waals surface area contributed by atoms with Gasteiger partial charge in [-0.3, -0.25) is 5.43 Å². The van der Waals surface area contributed by atoms with Gasteiger partial charge in [0, 0.05) is 20.0 Å². The van der Waals surface area contributed by atoms with E-state index in [2.05, 4.69) is 20.4 Å². The maximum absolute atomic E-state index is 5.55. The number of anilines is 2. The van der Waals surface area contributed by atoms with Crippen LogP contribution in [-0.4, -0.2) is 34.1 Å². The second-order valence-corrected chi connectivity index (χ2v) is 3.54. The largest absolute Gasteiger partial charge is 0.368 e. The predicted molar refractivity (Wildman–Crippen MR) is 55.6 cm³/mol. The van der Waals surface area contributed by atoms with Crippen LogP contribution in [0.4, 0.5) is 11.9 Å². The Bertz CT molecular complexity index is 309. The molecule has 0 spiro atoms. The molecule has 0 aliphatic heterocycles. The summed E-state index contributed by atoms with van der Waals surface area (Å²) >= 11 is 0. The van der Waals surface area contributed by atoms with Crippen LogP contribution in [0.1, 0.15) is 25.6 Å². The first kappa shape index (κ1) is 10.6. The molecule has 78 valence electrons. The summed E-state index contributed by atoms with van der Waals surface area (Å²) in [5, 5.41) is 1.75. The smallest absolute Gasteiger partial charge is 0.242 e. The van der Waals surface area contributed by atoms with Crippen LogP contribution in [0.5, 0.6) is 0 Å². The minimum absolute atomic E-state index is 0.239. The van der Waals surface area contributed by atoms with Crippen molar-refractivity contribution in [2.75, 3.05) is 25.3 Å². The zero-order valence-electron chi connectivity index (χ0n) is 8.94. The third kappa shape index (κ3) is 2.81. The second kappa shape index (κ2) is 4.19. The highest BCUT2D eigenvalue weighted by Crippen LogP contribution is 2.11. The van der Waals surface area contributed by atoms with Crippen LogP contribution in [0, 0.1) is 0 Å². The normalized spacial score (nSPS) is 11.0. The van der Waals surface area contributed by atoms with Crippen LogP contribution in [0.15, 0.2) is 0 Å². The quantitative estimate of drug-likeness (QED) is 0.684. The molecule has 0 atom stereocenters. The number of aromatic nitrogens is 3. The average molecular weight is 196 g/mol. The highest BCUT2D eigenvalue weighted by molar-refractivity contribution is 5.30. The first-order valence-electron chi connectivity index (χ1n) is 4.44. The molecule has 0 saturated heterocycles. The van der Waals surface area contributed by atoms with E-state index in [-0.39, 0.29) is 11.9 Å². The number of nitrogens with zero attached hydrogens (tertiary/aromatic N) is 4. The molecule has 14 heavy (non-hydrogen) atoms. The van der Waals surface area contributed by atoms with Crippen molar-refractivity contribution in [2.24, 2.45) is 0 Å². The molecule has 0 amide bonds. The number of rotatable bonds is 3. The molecule has 0 unspecified atom stereocenters. The molecule has 0 saturated carbocycles. The summed E-state index contributed by atoms with van der Waals surface area (Å²) in [7, 11) is 3.71. The molecular weight excluding hydrogens is 180 g/mol.